The maximum absolute atomic E-state index is 4.13. The normalized spacial score (nSPS) is 16.8. The molecule has 2 heterocycles. The van der Waals surface area contributed by atoms with Crippen LogP contribution < -0.4 is 0 Å². The van der Waals surface area contributed by atoms with Crippen LogP contribution in [0.4, 0.5) is 0 Å². The first-order chi connectivity index (χ1) is 18.7. The third-order valence-electron chi connectivity index (χ3n) is 9.03. The van der Waals surface area contributed by atoms with Crippen LogP contribution in [0.25, 0.3) is 60.5 Å². The smallest absolute Gasteiger partial charge is 0.0624 e. The molecule has 0 saturated heterocycles. The molecule has 0 N–H and O–H groups in total. The van der Waals surface area contributed by atoms with Gasteiger partial charge in [0.1, 0.15) is 0 Å². The summed E-state index contributed by atoms with van der Waals surface area (Å²) in [6.45, 7) is 2.43. The Hall–Kier alpha value is -4.14. The van der Waals surface area contributed by atoms with E-state index < -0.39 is 0 Å². The Labute approximate surface area is 229 Å². The summed E-state index contributed by atoms with van der Waals surface area (Å²) < 4.78 is 3.69. The number of benzene rings is 6. The zero-order valence-corrected chi connectivity index (χ0v) is 22.4. The van der Waals surface area contributed by atoms with E-state index in [1.165, 1.54) is 81.7 Å². The van der Waals surface area contributed by atoms with Crippen LogP contribution >= 0.6 is 15.9 Å². The summed E-state index contributed by atoms with van der Waals surface area (Å²) in [5.74, 6) is 0. The van der Waals surface area contributed by atoms with Gasteiger partial charge in [-0.15, -0.1) is 0 Å². The third-order valence-corrected chi connectivity index (χ3v) is 9.65. The molecule has 38 heavy (non-hydrogen) atoms. The molecule has 0 spiro atoms. The molecule has 0 bridgehead atoms. The number of hydrogen-bond donors (Lipinski definition) is 0. The molecular formula is C36H22BrN. The largest absolute Gasteiger partial charge is 0.308 e. The van der Waals surface area contributed by atoms with E-state index in [0.29, 0.717) is 0 Å². The van der Waals surface area contributed by atoms with Gasteiger partial charge in [-0.1, -0.05) is 113 Å². The van der Waals surface area contributed by atoms with Gasteiger partial charge in [0.05, 0.1) is 16.7 Å². The van der Waals surface area contributed by atoms with Gasteiger partial charge in [-0.3, -0.25) is 0 Å². The molecule has 2 aliphatic rings. The summed E-state index contributed by atoms with van der Waals surface area (Å²) in [4.78, 5) is 0. The van der Waals surface area contributed by atoms with Crippen molar-refractivity contribution in [2.75, 3.05) is 0 Å². The molecule has 9 rings (SSSR count). The highest BCUT2D eigenvalue weighted by Gasteiger charge is 2.46. The van der Waals surface area contributed by atoms with Crippen molar-refractivity contribution in [3.05, 3.63) is 136 Å². The molecule has 7 aromatic rings. The van der Waals surface area contributed by atoms with Crippen LogP contribution in [0.2, 0.25) is 0 Å². The summed E-state index contributed by atoms with van der Waals surface area (Å²) in [5.41, 5.74) is 12.9. The predicted octanol–water partition coefficient (Wildman–Crippen LogP) is 10.0. The molecule has 0 radical (unpaired) electrons. The van der Waals surface area contributed by atoms with Gasteiger partial charge in [-0.2, -0.15) is 0 Å². The quantitative estimate of drug-likeness (QED) is 0.192. The molecule has 1 unspecified atom stereocenters. The van der Waals surface area contributed by atoms with Gasteiger partial charge in [-0.25, -0.2) is 0 Å². The van der Waals surface area contributed by atoms with E-state index in [1.54, 1.807) is 0 Å². The summed E-state index contributed by atoms with van der Waals surface area (Å²) in [7, 11) is 0. The van der Waals surface area contributed by atoms with Crippen LogP contribution in [-0.2, 0) is 5.41 Å². The lowest BCUT2D eigenvalue weighted by atomic mass is 9.72. The van der Waals surface area contributed by atoms with Gasteiger partial charge in [0.25, 0.3) is 0 Å². The van der Waals surface area contributed by atoms with Crippen LogP contribution in [0.15, 0.2) is 120 Å². The maximum atomic E-state index is 4.13. The van der Waals surface area contributed by atoms with Crippen molar-refractivity contribution in [2.45, 2.75) is 12.3 Å². The minimum Gasteiger partial charge on any atom is -0.308 e. The highest BCUT2D eigenvalue weighted by Crippen LogP contribution is 2.62. The molecule has 178 valence electrons. The zero-order valence-electron chi connectivity index (χ0n) is 20.8. The van der Waals surface area contributed by atoms with E-state index in [2.05, 4.69) is 143 Å². The van der Waals surface area contributed by atoms with Crippen LogP contribution in [0.5, 0.6) is 0 Å². The third kappa shape index (κ3) is 2.30. The SMILES string of the molecule is CC1(c2cccc3ccccc23)c2cccc3c2-c2c1c(Br)cc1c4ccccc4n(c21)-c1ccccc1-3. The Balaban J connectivity index is 1.58. The predicted molar refractivity (Wildman–Crippen MR) is 162 cm³/mol. The second-order valence-corrected chi connectivity index (χ2v) is 11.6. The number of hydrogen-bond acceptors (Lipinski definition) is 0. The van der Waals surface area contributed by atoms with Crippen molar-refractivity contribution < 1.29 is 0 Å². The van der Waals surface area contributed by atoms with Gasteiger partial charge in [-0.05, 0) is 63.7 Å². The van der Waals surface area contributed by atoms with E-state index in [9.17, 15) is 0 Å². The molecule has 6 aromatic carbocycles. The number of nitrogens with zero attached hydrogens (tertiary/aromatic N) is 1. The van der Waals surface area contributed by atoms with Crippen molar-refractivity contribution in [3.63, 3.8) is 0 Å². The van der Waals surface area contributed by atoms with E-state index in [4.69, 9.17) is 0 Å². The molecule has 0 saturated carbocycles. The molecule has 1 aromatic heterocycles. The van der Waals surface area contributed by atoms with Gasteiger partial charge >= 0.3 is 0 Å². The first-order valence-corrected chi connectivity index (χ1v) is 14.0. The number of aromatic nitrogens is 1. The molecule has 2 heteroatoms. The summed E-state index contributed by atoms with van der Waals surface area (Å²) in [5, 5.41) is 5.18. The minimum absolute atomic E-state index is 0.317. The molecule has 0 amide bonds. The lowest BCUT2D eigenvalue weighted by Crippen LogP contribution is -2.23. The molecular weight excluding hydrogens is 526 g/mol. The minimum atomic E-state index is -0.317. The molecule has 1 aliphatic carbocycles. The average Bonchev–Trinajstić information content (AvgIpc) is 3.38. The fourth-order valence-electron chi connectivity index (χ4n) is 7.51. The molecule has 0 fully saturated rings. The molecule has 1 nitrogen and oxygen atoms in total. The molecule has 1 atom stereocenters. The average molecular weight is 548 g/mol. The van der Waals surface area contributed by atoms with Gasteiger partial charge < -0.3 is 4.57 Å². The number of fused-ring (bicyclic) bond motifs is 7. The second-order valence-electron chi connectivity index (χ2n) is 10.8. The summed E-state index contributed by atoms with van der Waals surface area (Å²) in [6, 6.07) is 42.6. The maximum Gasteiger partial charge on any atom is 0.0624 e. The van der Waals surface area contributed by atoms with Crippen molar-refractivity contribution in [3.8, 4) is 27.9 Å². The van der Waals surface area contributed by atoms with Crippen LogP contribution in [-0.4, -0.2) is 4.57 Å². The topological polar surface area (TPSA) is 4.93 Å². The van der Waals surface area contributed by atoms with Crippen molar-refractivity contribution in [1.82, 2.24) is 4.57 Å². The summed E-state index contributed by atoms with van der Waals surface area (Å²) in [6.07, 6.45) is 0. The van der Waals surface area contributed by atoms with Crippen LogP contribution in [0, 0.1) is 0 Å². The van der Waals surface area contributed by atoms with E-state index in [0.717, 1.165) is 0 Å². The summed E-state index contributed by atoms with van der Waals surface area (Å²) >= 11 is 4.13. The number of halogens is 1. The van der Waals surface area contributed by atoms with Crippen molar-refractivity contribution >= 4 is 48.5 Å². The first-order valence-electron chi connectivity index (χ1n) is 13.2. The fourth-order valence-corrected chi connectivity index (χ4v) is 8.34. The second kappa shape index (κ2) is 7.03. The highest BCUT2D eigenvalue weighted by molar-refractivity contribution is 9.10. The van der Waals surface area contributed by atoms with Gasteiger partial charge in [0.15, 0.2) is 0 Å². The van der Waals surface area contributed by atoms with E-state index in [-0.39, 0.29) is 5.41 Å². The van der Waals surface area contributed by atoms with Crippen molar-refractivity contribution in [2.24, 2.45) is 0 Å². The fraction of sp³-hybridized carbons (Fsp3) is 0.0556. The Morgan fingerprint density at radius 2 is 1.29 bits per heavy atom. The highest BCUT2D eigenvalue weighted by atomic mass is 79.9. The zero-order chi connectivity index (χ0) is 25.2. The van der Waals surface area contributed by atoms with Crippen LogP contribution in [0.1, 0.15) is 23.6 Å². The number of rotatable bonds is 1. The lowest BCUT2D eigenvalue weighted by molar-refractivity contribution is 0.718. The Morgan fingerprint density at radius 1 is 0.605 bits per heavy atom. The first kappa shape index (κ1) is 20.9. The lowest BCUT2D eigenvalue weighted by Gasteiger charge is -2.31. The Kier molecular flexibility index (Phi) is 3.86. The standard InChI is InChI=1S/C36H22BrN/c1-36(27-16-8-11-21-10-2-3-12-22(21)27)28-17-9-15-25-23-13-4-6-18-30(23)38-31-19-7-5-14-24(31)26-20-29(37)34(36)33(32(25)28)35(26)38/h2-20H,1H3. The number of para-hydroxylation sites is 2. The Morgan fingerprint density at radius 3 is 2.21 bits per heavy atom. The van der Waals surface area contributed by atoms with E-state index in [1.807, 2.05) is 0 Å². The van der Waals surface area contributed by atoms with Gasteiger partial charge in [0.2, 0.25) is 0 Å². The monoisotopic (exact) mass is 547 g/mol. The molecule has 1 aliphatic heterocycles. The van der Waals surface area contributed by atoms with E-state index >= 15 is 0 Å². The van der Waals surface area contributed by atoms with Gasteiger partial charge in [0, 0.05) is 31.8 Å². The van der Waals surface area contributed by atoms with Crippen LogP contribution in [0.3, 0.4) is 0 Å². The Bertz CT molecular complexity index is 2160. The van der Waals surface area contributed by atoms with Crippen molar-refractivity contribution in [1.29, 1.82) is 0 Å².